The Morgan fingerprint density at radius 1 is 1.06 bits per heavy atom. The molecule has 4 rings (SSSR count). The molecule has 0 aromatic heterocycles. The van der Waals surface area contributed by atoms with Gasteiger partial charge in [-0.2, -0.15) is 0 Å². The zero-order valence-electron chi connectivity index (χ0n) is 21.4. The van der Waals surface area contributed by atoms with Crippen LogP contribution in [-0.4, -0.2) is 59.7 Å². The van der Waals surface area contributed by atoms with Crippen molar-refractivity contribution in [1.29, 1.82) is 0 Å². The number of anilines is 1. The van der Waals surface area contributed by atoms with Gasteiger partial charge in [0.15, 0.2) is 0 Å². The number of amidine groups is 1. The standard InChI is InChI=1S/C29H37N5O2/c1-3-14-33(15-4-2)29(36)23-18-21-10-11-22(19-26(21)32-27(30)20-23)28(35)34-16-12-25(13-17-34)31-24-8-6-5-7-9-24/h5-11,18-19,25,31H,3-4,12-17,20H2,1-2H3,(H2,30,32). The quantitative estimate of drug-likeness (QED) is 0.558. The van der Waals surface area contributed by atoms with Crippen molar-refractivity contribution in [3.63, 3.8) is 0 Å². The molecule has 2 heterocycles. The van der Waals surface area contributed by atoms with Crippen LogP contribution in [0.15, 0.2) is 59.1 Å². The fourth-order valence-electron chi connectivity index (χ4n) is 4.90. The lowest BCUT2D eigenvalue weighted by molar-refractivity contribution is -0.127. The summed E-state index contributed by atoms with van der Waals surface area (Å²) in [5, 5.41) is 3.56. The van der Waals surface area contributed by atoms with Crippen LogP contribution in [0.3, 0.4) is 0 Å². The number of likely N-dealkylation sites (tertiary alicyclic amines) is 1. The number of amides is 2. The lowest BCUT2D eigenvalue weighted by Gasteiger charge is -2.33. The van der Waals surface area contributed by atoms with Crippen LogP contribution in [0.1, 0.15) is 61.9 Å². The SMILES string of the molecule is CCCN(CCC)C(=O)C1=Cc2ccc(C(=O)N3CCC(Nc4ccccc4)CC3)cc2N=C(N)C1. The van der Waals surface area contributed by atoms with E-state index in [1.54, 1.807) is 6.07 Å². The number of nitrogens with two attached hydrogens (primary N) is 1. The topological polar surface area (TPSA) is 91.0 Å². The van der Waals surface area contributed by atoms with E-state index < -0.39 is 0 Å². The van der Waals surface area contributed by atoms with Crippen molar-refractivity contribution in [2.45, 2.75) is 52.0 Å². The third-order valence-electron chi connectivity index (χ3n) is 6.72. The molecule has 2 aromatic rings. The fraction of sp³-hybridized carbons (Fsp3) is 0.414. The Kier molecular flexibility index (Phi) is 8.41. The van der Waals surface area contributed by atoms with Crippen LogP contribution in [-0.2, 0) is 4.79 Å². The molecule has 1 fully saturated rings. The van der Waals surface area contributed by atoms with E-state index in [1.165, 1.54) is 0 Å². The molecule has 36 heavy (non-hydrogen) atoms. The van der Waals surface area contributed by atoms with Gasteiger partial charge in [0.05, 0.1) is 5.69 Å². The number of para-hydroxylation sites is 1. The third kappa shape index (κ3) is 6.14. The fourth-order valence-corrected chi connectivity index (χ4v) is 4.90. The van der Waals surface area contributed by atoms with Gasteiger partial charge in [-0.1, -0.05) is 38.1 Å². The minimum Gasteiger partial charge on any atom is -0.387 e. The Morgan fingerprint density at radius 2 is 1.75 bits per heavy atom. The van der Waals surface area contributed by atoms with Gasteiger partial charge in [-0.05, 0) is 56.0 Å². The van der Waals surface area contributed by atoms with Gasteiger partial charge in [-0.3, -0.25) is 9.59 Å². The second kappa shape index (κ2) is 11.9. The zero-order chi connectivity index (χ0) is 25.5. The first-order chi connectivity index (χ1) is 17.5. The lowest BCUT2D eigenvalue weighted by Crippen LogP contribution is -2.42. The number of aliphatic imine (C=N–C) groups is 1. The molecular formula is C29H37N5O2. The van der Waals surface area contributed by atoms with Gasteiger partial charge in [0, 0.05) is 61.0 Å². The maximum absolute atomic E-state index is 13.3. The second-order valence-corrected chi connectivity index (χ2v) is 9.59. The van der Waals surface area contributed by atoms with Crippen LogP contribution in [0.25, 0.3) is 6.08 Å². The first-order valence-electron chi connectivity index (χ1n) is 13.1. The number of carbonyl (C=O) groups is 2. The molecule has 0 unspecified atom stereocenters. The number of hydrogen-bond donors (Lipinski definition) is 2. The van der Waals surface area contributed by atoms with E-state index in [0.717, 1.165) is 50.0 Å². The summed E-state index contributed by atoms with van der Waals surface area (Å²) in [4.78, 5) is 34.8. The molecule has 2 aliphatic rings. The van der Waals surface area contributed by atoms with E-state index in [2.05, 4.69) is 36.3 Å². The summed E-state index contributed by atoms with van der Waals surface area (Å²) in [6.07, 6.45) is 5.80. The van der Waals surface area contributed by atoms with Crippen molar-refractivity contribution in [2.24, 2.45) is 10.7 Å². The number of rotatable bonds is 8. The number of fused-ring (bicyclic) bond motifs is 1. The van der Waals surface area contributed by atoms with Crippen LogP contribution in [0.5, 0.6) is 0 Å². The molecule has 0 saturated carbocycles. The molecule has 7 heteroatoms. The Bertz CT molecular complexity index is 1130. The second-order valence-electron chi connectivity index (χ2n) is 9.59. The van der Waals surface area contributed by atoms with Gasteiger partial charge in [0.2, 0.25) is 5.91 Å². The molecule has 0 aliphatic carbocycles. The zero-order valence-corrected chi connectivity index (χ0v) is 21.4. The molecule has 3 N–H and O–H groups in total. The maximum Gasteiger partial charge on any atom is 0.253 e. The number of piperidine rings is 1. The lowest BCUT2D eigenvalue weighted by atomic mass is 10.0. The van der Waals surface area contributed by atoms with Gasteiger partial charge in [0.1, 0.15) is 5.84 Å². The van der Waals surface area contributed by atoms with Crippen molar-refractivity contribution in [3.05, 3.63) is 65.2 Å². The van der Waals surface area contributed by atoms with Crippen molar-refractivity contribution >= 4 is 35.1 Å². The van der Waals surface area contributed by atoms with Crippen LogP contribution in [0, 0.1) is 0 Å². The Hall–Kier alpha value is -3.61. The normalized spacial score (nSPS) is 15.9. The average molecular weight is 488 g/mol. The first-order valence-corrected chi connectivity index (χ1v) is 13.1. The summed E-state index contributed by atoms with van der Waals surface area (Å²) >= 11 is 0. The summed E-state index contributed by atoms with van der Waals surface area (Å²) in [6, 6.07) is 16.1. The highest BCUT2D eigenvalue weighted by Gasteiger charge is 2.25. The van der Waals surface area contributed by atoms with Crippen molar-refractivity contribution in [1.82, 2.24) is 9.80 Å². The predicted molar refractivity (Wildman–Crippen MR) is 146 cm³/mol. The van der Waals surface area contributed by atoms with E-state index in [0.29, 0.717) is 48.2 Å². The summed E-state index contributed by atoms with van der Waals surface area (Å²) in [5.74, 6) is 0.404. The number of nitrogens with one attached hydrogen (secondary N) is 1. The van der Waals surface area contributed by atoms with E-state index in [1.807, 2.05) is 46.2 Å². The van der Waals surface area contributed by atoms with Gasteiger partial charge >= 0.3 is 0 Å². The third-order valence-corrected chi connectivity index (χ3v) is 6.72. The van der Waals surface area contributed by atoms with Crippen LogP contribution in [0.4, 0.5) is 11.4 Å². The van der Waals surface area contributed by atoms with Crippen molar-refractivity contribution in [2.75, 3.05) is 31.5 Å². The first kappa shape index (κ1) is 25.5. The highest BCUT2D eigenvalue weighted by molar-refractivity contribution is 6.06. The molecule has 190 valence electrons. The van der Waals surface area contributed by atoms with Gasteiger partial charge < -0.3 is 20.9 Å². The molecule has 7 nitrogen and oxygen atoms in total. The molecule has 0 spiro atoms. The molecule has 0 bridgehead atoms. The van der Waals surface area contributed by atoms with Gasteiger partial charge in [-0.15, -0.1) is 0 Å². The number of benzene rings is 2. The van der Waals surface area contributed by atoms with Crippen LogP contribution in [0.2, 0.25) is 0 Å². The monoisotopic (exact) mass is 487 g/mol. The predicted octanol–water partition coefficient (Wildman–Crippen LogP) is 4.83. The summed E-state index contributed by atoms with van der Waals surface area (Å²) in [6.45, 7) is 6.99. The van der Waals surface area contributed by atoms with Gasteiger partial charge in [0.25, 0.3) is 5.91 Å². The average Bonchev–Trinajstić information content (AvgIpc) is 3.06. The van der Waals surface area contributed by atoms with Crippen LogP contribution < -0.4 is 11.1 Å². The maximum atomic E-state index is 13.3. The van der Waals surface area contributed by atoms with Crippen molar-refractivity contribution < 1.29 is 9.59 Å². The minimum atomic E-state index is 0.00586. The van der Waals surface area contributed by atoms with E-state index in [-0.39, 0.29) is 11.8 Å². The van der Waals surface area contributed by atoms with E-state index in [4.69, 9.17) is 5.73 Å². The van der Waals surface area contributed by atoms with E-state index in [9.17, 15) is 9.59 Å². The summed E-state index contributed by atoms with van der Waals surface area (Å²) in [7, 11) is 0. The van der Waals surface area contributed by atoms with Crippen LogP contribution >= 0.6 is 0 Å². The summed E-state index contributed by atoms with van der Waals surface area (Å²) in [5.41, 5.74) is 10.0. The summed E-state index contributed by atoms with van der Waals surface area (Å²) < 4.78 is 0. The highest BCUT2D eigenvalue weighted by atomic mass is 16.2. The van der Waals surface area contributed by atoms with E-state index >= 15 is 0 Å². The molecule has 2 amide bonds. The smallest absolute Gasteiger partial charge is 0.253 e. The largest absolute Gasteiger partial charge is 0.387 e. The molecule has 0 atom stereocenters. The molecule has 2 aliphatic heterocycles. The molecule has 1 saturated heterocycles. The van der Waals surface area contributed by atoms with Gasteiger partial charge in [-0.25, -0.2) is 4.99 Å². The number of nitrogens with zero attached hydrogens (tertiary/aromatic N) is 3. The minimum absolute atomic E-state index is 0.00586. The number of hydrogen-bond acceptors (Lipinski definition) is 5. The Morgan fingerprint density at radius 3 is 2.42 bits per heavy atom. The molecule has 2 aromatic carbocycles. The molecule has 0 radical (unpaired) electrons. The Balaban J connectivity index is 1.45. The Labute approximate surface area is 214 Å². The highest BCUT2D eigenvalue weighted by Crippen LogP contribution is 2.29. The number of carbonyl (C=O) groups excluding carboxylic acids is 2. The molecular weight excluding hydrogens is 450 g/mol. The van der Waals surface area contributed by atoms with Crippen molar-refractivity contribution in [3.8, 4) is 0 Å².